The Morgan fingerprint density at radius 3 is 2.59 bits per heavy atom. The Bertz CT molecular complexity index is 992. The number of aryl methyl sites for hydroxylation is 2. The fourth-order valence-corrected chi connectivity index (χ4v) is 2.54. The summed E-state index contributed by atoms with van der Waals surface area (Å²) in [6.45, 7) is 3.86. The molecule has 0 aliphatic carbocycles. The van der Waals surface area contributed by atoms with Gasteiger partial charge in [0, 0.05) is 23.1 Å². The van der Waals surface area contributed by atoms with E-state index in [2.05, 4.69) is 30.6 Å². The van der Waals surface area contributed by atoms with Gasteiger partial charge in [-0.15, -0.1) is 0 Å². The van der Waals surface area contributed by atoms with Crippen LogP contribution in [0.15, 0.2) is 36.9 Å². The fourth-order valence-electron chi connectivity index (χ4n) is 2.54. The van der Waals surface area contributed by atoms with E-state index < -0.39 is 4.92 Å². The van der Waals surface area contributed by atoms with Crippen LogP contribution in [0.2, 0.25) is 0 Å². The molecule has 0 saturated carbocycles. The molecule has 0 saturated heterocycles. The zero-order chi connectivity index (χ0) is 19.4. The van der Waals surface area contributed by atoms with E-state index >= 15 is 0 Å². The molecule has 27 heavy (non-hydrogen) atoms. The maximum absolute atomic E-state index is 11.3. The highest BCUT2D eigenvalue weighted by molar-refractivity contribution is 5.76. The minimum absolute atomic E-state index is 0.0391. The molecular weight excluding hydrogens is 348 g/mol. The van der Waals surface area contributed by atoms with Gasteiger partial charge in [0.15, 0.2) is 0 Å². The highest BCUT2D eigenvalue weighted by Gasteiger charge is 2.21. The van der Waals surface area contributed by atoms with Crippen molar-refractivity contribution in [2.75, 3.05) is 16.4 Å². The molecule has 138 valence electrons. The van der Waals surface area contributed by atoms with Gasteiger partial charge in [0.1, 0.15) is 18.5 Å². The SMILES string of the molecule is CCc1ccc(Nc2cc(C)ncn2)cc1Nc1ncnc(N)c1[N+](=O)[O-]. The third-order valence-corrected chi connectivity index (χ3v) is 3.85. The van der Waals surface area contributed by atoms with Crippen molar-refractivity contribution in [1.29, 1.82) is 0 Å². The lowest BCUT2D eigenvalue weighted by Crippen LogP contribution is -2.06. The summed E-state index contributed by atoms with van der Waals surface area (Å²) in [5.41, 5.74) is 8.51. The molecule has 2 heterocycles. The van der Waals surface area contributed by atoms with Crippen molar-refractivity contribution < 1.29 is 4.92 Å². The first kappa shape index (κ1) is 18.0. The lowest BCUT2D eigenvalue weighted by molar-refractivity contribution is -0.383. The van der Waals surface area contributed by atoms with Crippen molar-refractivity contribution in [2.24, 2.45) is 0 Å². The number of rotatable bonds is 6. The first-order valence-corrected chi connectivity index (χ1v) is 8.18. The van der Waals surface area contributed by atoms with Gasteiger partial charge in [-0.05, 0) is 31.0 Å². The van der Waals surface area contributed by atoms with Crippen LogP contribution in [0.1, 0.15) is 18.2 Å². The van der Waals surface area contributed by atoms with Crippen molar-refractivity contribution in [2.45, 2.75) is 20.3 Å². The topological polar surface area (TPSA) is 145 Å². The van der Waals surface area contributed by atoms with Gasteiger partial charge in [-0.1, -0.05) is 13.0 Å². The van der Waals surface area contributed by atoms with E-state index in [9.17, 15) is 10.1 Å². The summed E-state index contributed by atoms with van der Waals surface area (Å²) in [6.07, 6.45) is 3.38. The summed E-state index contributed by atoms with van der Waals surface area (Å²) in [6, 6.07) is 7.48. The number of nitrogens with zero attached hydrogens (tertiary/aromatic N) is 5. The molecule has 1 aromatic carbocycles. The Hall–Kier alpha value is -3.82. The summed E-state index contributed by atoms with van der Waals surface area (Å²) in [5.74, 6) is 0.494. The molecule has 0 amide bonds. The van der Waals surface area contributed by atoms with Crippen molar-refractivity contribution in [1.82, 2.24) is 19.9 Å². The first-order valence-electron chi connectivity index (χ1n) is 8.18. The second kappa shape index (κ2) is 7.60. The van der Waals surface area contributed by atoms with E-state index in [-0.39, 0.29) is 17.3 Å². The number of aromatic nitrogens is 4. The second-order valence-electron chi connectivity index (χ2n) is 5.73. The quantitative estimate of drug-likeness (QED) is 0.442. The second-order valence-corrected chi connectivity index (χ2v) is 5.73. The molecule has 10 nitrogen and oxygen atoms in total. The number of nitrogens with two attached hydrogens (primary N) is 1. The molecule has 3 rings (SSSR count). The average Bonchev–Trinajstić information content (AvgIpc) is 2.62. The van der Waals surface area contributed by atoms with Crippen LogP contribution in [0, 0.1) is 17.0 Å². The predicted octanol–water partition coefficient (Wildman–Crippen LogP) is 3.12. The highest BCUT2D eigenvalue weighted by atomic mass is 16.6. The summed E-state index contributed by atoms with van der Waals surface area (Å²) in [4.78, 5) is 26.6. The molecule has 2 aromatic heterocycles. The summed E-state index contributed by atoms with van der Waals surface area (Å²) < 4.78 is 0. The van der Waals surface area contributed by atoms with Crippen LogP contribution in [0.4, 0.5) is 34.5 Å². The zero-order valence-corrected chi connectivity index (χ0v) is 14.8. The normalized spacial score (nSPS) is 10.4. The van der Waals surface area contributed by atoms with Gasteiger partial charge in [-0.2, -0.15) is 0 Å². The first-order chi connectivity index (χ1) is 13.0. The van der Waals surface area contributed by atoms with E-state index in [1.54, 1.807) is 0 Å². The average molecular weight is 366 g/mol. The largest absolute Gasteiger partial charge is 0.378 e. The Balaban J connectivity index is 1.95. The summed E-state index contributed by atoms with van der Waals surface area (Å²) in [5, 5.41) is 17.5. The number of anilines is 5. The zero-order valence-electron chi connectivity index (χ0n) is 14.8. The predicted molar refractivity (Wildman–Crippen MR) is 102 cm³/mol. The smallest absolute Gasteiger partial charge is 0.353 e. The Morgan fingerprint density at radius 1 is 1.11 bits per heavy atom. The van der Waals surface area contributed by atoms with Crippen molar-refractivity contribution in [3.05, 3.63) is 58.3 Å². The molecule has 4 N–H and O–H groups in total. The molecule has 0 radical (unpaired) electrons. The Labute approximate surface area is 155 Å². The third kappa shape index (κ3) is 4.06. The van der Waals surface area contributed by atoms with Crippen LogP contribution in [0.25, 0.3) is 0 Å². The molecule has 3 aromatic rings. The highest BCUT2D eigenvalue weighted by Crippen LogP contribution is 2.32. The molecule has 10 heteroatoms. The minimum atomic E-state index is -0.602. The van der Waals surface area contributed by atoms with Gasteiger partial charge < -0.3 is 16.4 Å². The standard InChI is InChI=1S/C17H18N8O2/c1-3-11-4-5-12(23-14-6-10(2)19-8-20-14)7-13(11)24-17-15(25(26)27)16(18)21-9-22-17/h4-9H,3H2,1-2H3,(H,19,20,23)(H3,18,21,22,24). The lowest BCUT2D eigenvalue weighted by Gasteiger charge is -2.14. The molecule has 0 unspecified atom stereocenters. The van der Waals surface area contributed by atoms with Gasteiger partial charge in [-0.3, -0.25) is 10.1 Å². The van der Waals surface area contributed by atoms with E-state index in [0.717, 1.165) is 23.4 Å². The van der Waals surface area contributed by atoms with Gasteiger partial charge in [0.05, 0.1) is 4.92 Å². The third-order valence-electron chi connectivity index (χ3n) is 3.85. The maximum atomic E-state index is 11.3. The van der Waals surface area contributed by atoms with Crippen molar-refractivity contribution in [3.8, 4) is 0 Å². The van der Waals surface area contributed by atoms with E-state index in [4.69, 9.17) is 5.73 Å². The molecule has 0 aliphatic heterocycles. The summed E-state index contributed by atoms with van der Waals surface area (Å²) >= 11 is 0. The maximum Gasteiger partial charge on any atom is 0.353 e. The van der Waals surface area contributed by atoms with Crippen molar-refractivity contribution in [3.63, 3.8) is 0 Å². The number of nitrogen functional groups attached to an aromatic ring is 1. The van der Waals surface area contributed by atoms with Gasteiger partial charge in [-0.25, -0.2) is 19.9 Å². The van der Waals surface area contributed by atoms with E-state index in [1.165, 1.54) is 12.7 Å². The minimum Gasteiger partial charge on any atom is -0.378 e. The van der Waals surface area contributed by atoms with Crippen LogP contribution >= 0.6 is 0 Å². The van der Waals surface area contributed by atoms with Gasteiger partial charge in [0.2, 0.25) is 11.6 Å². The van der Waals surface area contributed by atoms with Crippen LogP contribution in [0.5, 0.6) is 0 Å². The van der Waals surface area contributed by atoms with Crippen LogP contribution in [-0.2, 0) is 6.42 Å². The molecule has 0 bridgehead atoms. The van der Waals surface area contributed by atoms with Crippen LogP contribution in [0.3, 0.4) is 0 Å². The summed E-state index contributed by atoms with van der Waals surface area (Å²) in [7, 11) is 0. The monoisotopic (exact) mass is 366 g/mol. The number of nitrogens with one attached hydrogen (secondary N) is 2. The number of hydrogen-bond acceptors (Lipinski definition) is 9. The molecule has 0 atom stereocenters. The van der Waals surface area contributed by atoms with Gasteiger partial charge in [0.25, 0.3) is 0 Å². The van der Waals surface area contributed by atoms with Crippen LogP contribution in [-0.4, -0.2) is 24.9 Å². The Kier molecular flexibility index (Phi) is 5.06. The molecule has 0 spiro atoms. The molecule has 0 aliphatic rings. The van der Waals surface area contributed by atoms with Crippen LogP contribution < -0.4 is 16.4 Å². The van der Waals surface area contributed by atoms with E-state index in [1.807, 2.05) is 38.1 Å². The van der Waals surface area contributed by atoms with E-state index in [0.29, 0.717) is 11.5 Å². The lowest BCUT2D eigenvalue weighted by atomic mass is 10.1. The number of hydrogen-bond donors (Lipinski definition) is 3. The fraction of sp³-hybridized carbons (Fsp3) is 0.176. The molecular formula is C17H18N8O2. The Morgan fingerprint density at radius 2 is 1.89 bits per heavy atom. The van der Waals surface area contributed by atoms with Crippen molar-refractivity contribution >= 4 is 34.5 Å². The van der Waals surface area contributed by atoms with Gasteiger partial charge >= 0.3 is 5.69 Å². The molecule has 0 fully saturated rings. The number of nitro groups is 1. The number of benzene rings is 1.